The van der Waals surface area contributed by atoms with Gasteiger partial charge in [-0.15, -0.1) is 11.3 Å². The van der Waals surface area contributed by atoms with Gasteiger partial charge in [0.25, 0.3) is 10.0 Å². The summed E-state index contributed by atoms with van der Waals surface area (Å²) in [6, 6.07) is 14.7. The molecular weight excluding hydrogens is 491 g/mol. The van der Waals surface area contributed by atoms with Crippen molar-refractivity contribution in [3.63, 3.8) is 0 Å². The zero-order valence-corrected chi connectivity index (χ0v) is 20.2. The van der Waals surface area contributed by atoms with Crippen LogP contribution in [0.5, 0.6) is 5.75 Å². The average Bonchev–Trinajstić information content (AvgIpc) is 3.21. The number of ether oxygens (including phenoxy) is 1. The number of hydrogen-bond donors (Lipinski definition) is 2. The van der Waals surface area contributed by atoms with E-state index < -0.39 is 27.4 Å². The summed E-state index contributed by atoms with van der Waals surface area (Å²) in [7, 11) is -2.90. The molecule has 7 nitrogen and oxygen atoms in total. The minimum absolute atomic E-state index is 0.0630. The molecule has 1 saturated carbocycles. The Morgan fingerprint density at radius 2 is 1.89 bits per heavy atom. The summed E-state index contributed by atoms with van der Waals surface area (Å²) < 4.78 is 48.4. The van der Waals surface area contributed by atoms with Crippen molar-refractivity contribution >= 4 is 43.2 Å². The van der Waals surface area contributed by atoms with Crippen LogP contribution in [-0.4, -0.2) is 31.6 Å². The number of thiazole rings is 1. The summed E-state index contributed by atoms with van der Waals surface area (Å²) in [4.78, 5) is 15.7. The normalized spacial score (nSPS) is 14.0. The topological polar surface area (TPSA) is 106 Å². The zero-order chi connectivity index (χ0) is 24.7. The Bertz CT molecular complexity index is 1540. The second-order valence-corrected chi connectivity index (χ2v) is 11.1. The van der Waals surface area contributed by atoms with E-state index in [1.54, 1.807) is 6.07 Å². The lowest BCUT2D eigenvalue weighted by molar-refractivity contribution is 0.0691. The van der Waals surface area contributed by atoms with Crippen LogP contribution in [0.3, 0.4) is 0 Å². The van der Waals surface area contributed by atoms with Crippen LogP contribution < -0.4 is 9.46 Å². The monoisotopic (exact) mass is 512 g/mol. The van der Waals surface area contributed by atoms with Gasteiger partial charge in [-0.05, 0) is 48.6 Å². The van der Waals surface area contributed by atoms with Gasteiger partial charge in [-0.2, -0.15) is 0 Å². The SMILES string of the molecule is COc1cc(C(=O)O)c(F)cc1NS(=O)(=O)c1ccc2sc(-c3ccc(C4CCC4)cc3)nc2c1. The Kier molecular flexibility index (Phi) is 5.94. The van der Waals surface area contributed by atoms with E-state index in [2.05, 4.69) is 21.8 Å². The number of halogens is 1. The predicted octanol–water partition coefficient (Wildman–Crippen LogP) is 5.88. The molecule has 1 aliphatic carbocycles. The summed E-state index contributed by atoms with van der Waals surface area (Å²) in [5, 5.41) is 9.87. The maximum absolute atomic E-state index is 14.2. The van der Waals surface area contributed by atoms with Crippen LogP contribution in [-0.2, 0) is 10.0 Å². The molecule has 1 fully saturated rings. The van der Waals surface area contributed by atoms with Crippen molar-refractivity contribution in [2.75, 3.05) is 11.8 Å². The number of nitrogens with zero attached hydrogens (tertiary/aromatic N) is 1. The Labute approximate surface area is 205 Å². The van der Waals surface area contributed by atoms with E-state index in [0.717, 1.165) is 27.4 Å². The summed E-state index contributed by atoms with van der Waals surface area (Å²) >= 11 is 1.47. The molecule has 3 aromatic carbocycles. The van der Waals surface area contributed by atoms with Crippen LogP contribution in [0.1, 0.15) is 41.1 Å². The summed E-state index contributed by atoms with van der Waals surface area (Å²) in [6.07, 6.45) is 3.74. The smallest absolute Gasteiger partial charge is 0.338 e. The van der Waals surface area contributed by atoms with Crippen molar-refractivity contribution in [3.05, 3.63) is 71.5 Å². The Hall–Kier alpha value is -3.50. The highest BCUT2D eigenvalue weighted by Crippen LogP contribution is 2.38. The lowest BCUT2D eigenvalue weighted by atomic mass is 9.80. The molecule has 180 valence electrons. The molecule has 0 bridgehead atoms. The van der Waals surface area contributed by atoms with Gasteiger partial charge in [0.05, 0.1) is 33.5 Å². The number of sulfonamides is 1. The van der Waals surface area contributed by atoms with E-state index in [4.69, 9.17) is 9.84 Å². The van der Waals surface area contributed by atoms with E-state index in [-0.39, 0.29) is 16.3 Å². The molecule has 0 amide bonds. The fourth-order valence-corrected chi connectivity index (χ4v) is 6.04. The average molecular weight is 513 g/mol. The first-order valence-corrected chi connectivity index (χ1v) is 13.2. The second-order valence-electron chi connectivity index (χ2n) is 8.34. The number of carboxylic acid groups (broad SMARTS) is 1. The predicted molar refractivity (Wildman–Crippen MR) is 132 cm³/mol. The van der Waals surface area contributed by atoms with Crippen molar-refractivity contribution in [1.82, 2.24) is 4.98 Å². The van der Waals surface area contributed by atoms with E-state index in [1.165, 1.54) is 55.4 Å². The number of anilines is 1. The van der Waals surface area contributed by atoms with Crippen molar-refractivity contribution in [3.8, 4) is 16.3 Å². The van der Waals surface area contributed by atoms with Gasteiger partial charge in [0.1, 0.15) is 16.6 Å². The van der Waals surface area contributed by atoms with Crippen LogP contribution in [0.4, 0.5) is 10.1 Å². The molecule has 35 heavy (non-hydrogen) atoms. The van der Waals surface area contributed by atoms with Crippen LogP contribution in [0.2, 0.25) is 0 Å². The van der Waals surface area contributed by atoms with E-state index >= 15 is 0 Å². The van der Waals surface area contributed by atoms with Crippen molar-refractivity contribution in [2.45, 2.75) is 30.1 Å². The van der Waals surface area contributed by atoms with Gasteiger partial charge in [0.2, 0.25) is 0 Å². The first-order chi connectivity index (χ1) is 16.7. The number of benzene rings is 3. The van der Waals surface area contributed by atoms with Gasteiger partial charge in [-0.1, -0.05) is 30.7 Å². The van der Waals surface area contributed by atoms with Gasteiger partial charge < -0.3 is 9.84 Å². The molecule has 0 unspecified atom stereocenters. The molecular formula is C25H21FN2O5S2. The number of carboxylic acids is 1. The highest BCUT2D eigenvalue weighted by atomic mass is 32.2. The van der Waals surface area contributed by atoms with E-state index in [1.807, 2.05) is 12.1 Å². The molecule has 10 heteroatoms. The molecule has 4 aromatic rings. The molecule has 0 spiro atoms. The number of methoxy groups -OCH3 is 1. The molecule has 1 heterocycles. The van der Waals surface area contributed by atoms with Crippen LogP contribution in [0.25, 0.3) is 20.8 Å². The first-order valence-electron chi connectivity index (χ1n) is 10.9. The maximum atomic E-state index is 14.2. The van der Waals surface area contributed by atoms with Crippen molar-refractivity contribution in [1.29, 1.82) is 0 Å². The van der Waals surface area contributed by atoms with Gasteiger partial charge in [0.15, 0.2) is 0 Å². The number of carbonyl (C=O) groups is 1. The quantitative estimate of drug-likeness (QED) is 0.320. The van der Waals surface area contributed by atoms with Gasteiger partial charge >= 0.3 is 5.97 Å². The summed E-state index contributed by atoms with van der Waals surface area (Å²) in [5.74, 6) is -2.04. The lowest BCUT2D eigenvalue weighted by Gasteiger charge is -2.25. The molecule has 0 radical (unpaired) electrons. The highest BCUT2D eigenvalue weighted by molar-refractivity contribution is 7.92. The molecule has 0 atom stereocenters. The van der Waals surface area contributed by atoms with E-state index in [0.29, 0.717) is 11.4 Å². The molecule has 0 saturated heterocycles. The highest BCUT2D eigenvalue weighted by Gasteiger charge is 2.22. The van der Waals surface area contributed by atoms with Crippen LogP contribution in [0.15, 0.2) is 59.5 Å². The third kappa shape index (κ3) is 4.46. The third-order valence-corrected chi connectivity index (χ3v) is 8.62. The second kappa shape index (κ2) is 8.94. The molecule has 1 aliphatic rings. The summed E-state index contributed by atoms with van der Waals surface area (Å²) in [5.41, 5.74) is 2.00. The number of aromatic nitrogens is 1. The first kappa shape index (κ1) is 23.3. The summed E-state index contributed by atoms with van der Waals surface area (Å²) in [6.45, 7) is 0. The Morgan fingerprint density at radius 3 is 2.51 bits per heavy atom. The minimum atomic E-state index is -4.13. The van der Waals surface area contributed by atoms with Crippen molar-refractivity contribution in [2.24, 2.45) is 0 Å². The fraction of sp³-hybridized carbons (Fsp3) is 0.200. The van der Waals surface area contributed by atoms with Crippen LogP contribution in [0, 0.1) is 5.82 Å². The lowest BCUT2D eigenvalue weighted by Crippen LogP contribution is -2.14. The molecule has 0 aliphatic heterocycles. The number of hydrogen-bond acceptors (Lipinski definition) is 6. The standard InChI is InChI=1S/C25H21FN2O5S2/c1-33-22-12-18(25(29)30)19(26)13-20(22)28-35(31,32)17-9-10-23-21(11-17)27-24(34-23)16-7-5-15(6-8-16)14-3-2-4-14/h5-14,28H,2-4H2,1H3,(H,29,30). The third-order valence-electron chi connectivity index (χ3n) is 6.17. The number of aromatic carboxylic acids is 1. The number of rotatable bonds is 7. The Morgan fingerprint density at radius 1 is 1.14 bits per heavy atom. The Balaban J connectivity index is 1.43. The van der Waals surface area contributed by atoms with E-state index in [9.17, 15) is 17.6 Å². The largest absolute Gasteiger partial charge is 0.495 e. The fourth-order valence-electron chi connectivity index (χ4n) is 4.01. The van der Waals surface area contributed by atoms with Gasteiger partial charge in [-0.25, -0.2) is 22.6 Å². The zero-order valence-electron chi connectivity index (χ0n) is 18.6. The maximum Gasteiger partial charge on any atom is 0.338 e. The van der Waals surface area contributed by atoms with Gasteiger partial charge in [-0.3, -0.25) is 4.72 Å². The van der Waals surface area contributed by atoms with Crippen molar-refractivity contribution < 1.29 is 27.4 Å². The van der Waals surface area contributed by atoms with Gasteiger partial charge in [0, 0.05) is 11.6 Å². The molecule has 1 aromatic heterocycles. The number of nitrogens with one attached hydrogen (secondary N) is 1. The van der Waals surface area contributed by atoms with Crippen LogP contribution >= 0.6 is 11.3 Å². The number of fused-ring (bicyclic) bond motifs is 1. The molecule has 5 rings (SSSR count). The molecule has 2 N–H and O–H groups in total. The minimum Gasteiger partial charge on any atom is -0.495 e.